The van der Waals surface area contributed by atoms with E-state index in [1.807, 2.05) is 6.92 Å². The number of nitrogens with one attached hydrogen (secondary N) is 1. The Morgan fingerprint density at radius 3 is 1.63 bits per heavy atom. The zero-order valence-corrected chi connectivity index (χ0v) is 20.0. The molecule has 0 spiro atoms. The molecule has 0 fully saturated rings. The summed E-state index contributed by atoms with van der Waals surface area (Å²) >= 11 is 0. The topological polar surface area (TPSA) is 64.6 Å². The van der Waals surface area contributed by atoms with Crippen molar-refractivity contribution >= 4 is 11.7 Å². The average Bonchev–Trinajstić information content (AvgIpc) is 2.75. The molecule has 0 heterocycles. The Morgan fingerprint density at radius 2 is 1.10 bits per heavy atom. The molecular weight excluding hydrogens is 378 g/mol. The fourth-order valence-electron chi connectivity index (χ4n) is 3.34. The number of ether oxygens (including phenoxy) is 2. The van der Waals surface area contributed by atoms with Gasteiger partial charge in [-0.2, -0.15) is 0 Å². The van der Waals surface area contributed by atoms with Crippen LogP contribution in [0.15, 0.2) is 0 Å². The van der Waals surface area contributed by atoms with Gasteiger partial charge in [-0.05, 0) is 6.42 Å². The molecule has 0 aromatic rings. The van der Waals surface area contributed by atoms with Gasteiger partial charge < -0.3 is 14.8 Å². The van der Waals surface area contributed by atoms with E-state index in [1.165, 1.54) is 70.6 Å². The van der Waals surface area contributed by atoms with Crippen molar-refractivity contribution in [2.24, 2.45) is 0 Å². The van der Waals surface area contributed by atoms with Gasteiger partial charge in [0.2, 0.25) is 5.91 Å². The molecule has 30 heavy (non-hydrogen) atoms. The third kappa shape index (κ3) is 23.3. The molecule has 0 atom stereocenters. The van der Waals surface area contributed by atoms with Gasteiger partial charge in [0.15, 0.2) is 0 Å². The molecule has 0 bridgehead atoms. The first-order valence-electron chi connectivity index (χ1n) is 12.6. The van der Waals surface area contributed by atoms with Crippen molar-refractivity contribution in [1.29, 1.82) is 0 Å². The highest BCUT2D eigenvalue weighted by Gasteiger charge is 2.01. The summed E-state index contributed by atoms with van der Waals surface area (Å²) in [5.41, 5.74) is 0. The van der Waals surface area contributed by atoms with Crippen molar-refractivity contribution in [3.63, 3.8) is 0 Å². The molecule has 5 nitrogen and oxygen atoms in total. The maximum atomic E-state index is 11.8. The molecule has 0 aromatic carbocycles. The first kappa shape index (κ1) is 29.1. The molecule has 0 saturated heterocycles. The van der Waals surface area contributed by atoms with Crippen molar-refractivity contribution in [1.82, 2.24) is 5.32 Å². The quantitative estimate of drug-likeness (QED) is 0.192. The monoisotopic (exact) mass is 427 g/mol. The minimum atomic E-state index is 0.121. The third-order valence-electron chi connectivity index (χ3n) is 5.37. The van der Waals surface area contributed by atoms with Crippen LogP contribution in [0.1, 0.15) is 117 Å². The van der Waals surface area contributed by atoms with E-state index in [0.29, 0.717) is 52.2 Å². The molecule has 0 aromatic heterocycles. The van der Waals surface area contributed by atoms with Crippen molar-refractivity contribution < 1.29 is 19.1 Å². The Labute approximate surface area is 186 Å². The molecular formula is C25H49NO4. The number of hydrogen-bond acceptors (Lipinski definition) is 4. The van der Waals surface area contributed by atoms with Crippen LogP contribution in [0.2, 0.25) is 0 Å². The smallest absolute Gasteiger partial charge is 0.220 e. The van der Waals surface area contributed by atoms with E-state index in [1.54, 1.807) is 0 Å². The molecule has 1 N–H and O–H groups in total. The van der Waals surface area contributed by atoms with E-state index in [4.69, 9.17) is 9.47 Å². The molecule has 178 valence electrons. The number of carbonyl (C=O) groups excluding carboxylic acids is 2. The summed E-state index contributed by atoms with van der Waals surface area (Å²) in [5, 5.41) is 2.90. The molecule has 5 heteroatoms. The SMILES string of the molecule is CCCCCCCCCCCCCCCC(=O)NCCOCCOCCC(=O)CC. The van der Waals surface area contributed by atoms with Crippen molar-refractivity contribution in [3.8, 4) is 0 Å². The number of rotatable bonds is 24. The molecule has 0 unspecified atom stereocenters. The van der Waals surface area contributed by atoms with Crippen LogP contribution < -0.4 is 5.32 Å². The predicted molar refractivity (Wildman–Crippen MR) is 125 cm³/mol. The Morgan fingerprint density at radius 1 is 0.600 bits per heavy atom. The normalized spacial score (nSPS) is 11.0. The van der Waals surface area contributed by atoms with Gasteiger partial charge in [-0.3, -0.25) is 9.59 Å². The van der Waals surface area contributed by atoms with E-state index in [0.717, 1.165) is 12.8 Å². The number of Topliss-reactive ketones (excluding diaryl/α,β-unsaturated/α-hetero) is 1. The second-order valence-electron chi connectivity index (χ2n) is 8.21. The maximum Gasteiger partial charge on any atom is 0.220 e. The van der Waals surface area contributed by atoms with Crippen LogP contribution in [0.3, 0.4) is 0 Å². The Balaban J connectivity index is 3.18. The summed E-state index contributed by atoms with van der Waals surface area (Å²) in [6.07, 6.45) is 18.8. The molecule has 0 saturated carbocycles. The summed E-state index contributed by atoms with van der Waals surface area (Å²) in [6.45, 7) is 6.62. The highest BCUT2D eigenvalue weighted by Crippen LogP contribution is 2.12. The van der Waals surface area contributed by atoms with Crippen LogP contribution in [-0.2, 0) is 19.1 Å². The highest BCUT2D eigenvalue weighted by atomic mass is 16.5. The van der Waals surface area contributed by atoms with Crippen molar-refractivity contribution in [2.45, 2.75) is 117 Å². The average molecular weight is 428 g/mol. The zero-order chi connectivity index (χ0) is 22.1. The lowest BCUT2D eigenvalue weighted by Gasteiger charge is -2.07. The lowest BCUT2D eigenvalue weighted by Crippen LogP contribution is -2.27. The van der Waals surface area contributed by atoms with E-state index in [2.05, 4.69) is 12.2 Å². The van der Waals surface area contributed by atoms with Crippen LogP contribution in [0.4, 0.5) is 0 Å². The van der Waals surface area contributed by atoms with E-state index in [9.17, 15) is 9.59 Å². The molecule has 0 aliphatic rings. The Hall–Kier alpha value is -0.940. The molecule has 1 amide bonds. The zero-order valence-electron chi connectivity index (χ0n) is 20.0. The molecule has 0 radical (unpaired) electrons. The summed E-state index contributed by atoms with van der Waals surface area (Å²) in [5.74, 6) is 0.345. The van der Waals surface area contributed by atoms with Gasteiger partial charge in [0, 0.05) is 25.8 Å². The largest absolute Gasteiger partial charge is 0.379 e. The van der Waals surface area contributed by atoms with Crippen LogP contribution in [0.25, 0.3) is 0 Å². The number of carbonyl (C=O) groups is 2. The standard InChI is InChI=1S/C25H49NO4/c1-3-5-6-7-8-9-10-11-12-13-14-15-16-17-25(28)26-19-21-30-23-22-29-20-18-24(27)4-2/h3-23H2,1-2H3,(H,26,28). The van der Waals surface area contributed by atoms with Crippen molar-refractivity contribution in [3.05, 3.63) is 0 Å². The van der Waals surface area contributed by atoms with E-state index in [-0.39, 0.29) is 11.7 Å². The summed E-state index contributed by atoms with van der Waals surface area (Å²) in [6, 6.07) is 0. The number of ketones is 1. The fourth-order valence-corrected chi connectivity index (χ4v) is 3.34. The van der Waals surface area contributed by atoms with E-state index >= 15 is 0 Å². The van der Waals surface area contributed by atoms with Crippen LogP contribution in [0.5, 0.6) is 0 Å². The van der Waals surface area contributed by atoms with Crippen LogP contribution in [-0.4, -0.2) is 44.7 Å². The van der Waals surface area contributed by atoms with Crippen LogP contribution in [0, 0.1) is 0 Å². The number of unbranched alkanes of at least 4 members (excludes halogenated alkanes) is 12. The Bertz CT molecular complexity index is 387. The number of amides is 1. The molecule has 0 rings (SSSR count). The van der Waals surface area contributed by atoms with Gasteiger partial charge in [-0.15, -0.1) is 0 Å². The highest BCUT2D eigenvalue weighted by molar-refractivity contribution is 5.78. The second kappa shape index (κ2) is 24.3. The summed E-state index contributed by atoms with van der Waals surface area (Å²) < 4.78 is 10.7. The number of hydrogen-bond donors (Lipinski definition) is 1. The minimum Gasteiger partial charge on any atom is -0.379 e. The van der Waals surface area contributed by atoms with Gasteiger partial charge >= 0.3 is 0 Å². The second-order valence-corrected chi connectivity index (χ2v) is 8.21. The first-order valence-corrected chi connectivity index (χ1v) is 12.6. The van der Waals surface area contributed by atoms with Crippen molar-refractivity contribution in [2.75, 3.05) is 33.0 Å². The Kier molecular flexibility index (Phi) is 23.6. The molecule has 0 aliphatic carbocycles. The minimum absolute atomic E-state index is 0.121. The third-order valence-corrected chi connectivity index (χ3v) is 5.37. The first-order chi connectivity index (χ1) is 14.7. The predicted octanol–water partition coefficient (Wildman–Crippen LogP) is 5.99. The van der Waals surface area contributed by atoms with Crippen LogP contribution >= 0.6 is 0 Å². The summed E-state index contributed by atoms with van der Waals surface area (Å²) in [7, 11) is 0. The molecule has 0 aliphatic heterocycles. The van der Waals surface area contributed by atoms with Gasteiger partial charge in [-0.1, -0.05) is 90.9 Å². The summed E-state index contributed by atoms with van der Waals surface area (Å²) in [4.78, 5) is 22.9. The fraction of sp³-hybridized carbons (Fsp3) is 0.920. The van der Waals surface area contributed by atoms with Gasteiger partial charge in [0.05, 0.1) is 26.4 Å². The van der Waals surface area contributed by atoms with Gasteiger partial charge in [-0.25, -0.2) is 0 Å². The maximum absolute atomic E-state index is 11.8. The lowest BCUT2D eigenvalue weighted by atomic mass is 10.0. The van der Waals surface area contributed by atoms with E-state index < -0.39 is 0 Å². The van der Waals surface area contributed by atoms with Gasteiger partial charge in [0.1, 0.15) is 5.78 Å². The lowest BCUT2D eigenvalue weighted by molar-refractivity contribution is -0.121. The van der Waals surface area contributed by atoms with Gasteiger partial charge in [0.25, 0.3) is 0 Å².